The highest BCUT2D eigenvalue weighted by molar-refractivity contribution is 7.99. The van der Waals surface area contributed by atoms with Crippen molar-refractivity contribution < 1.29 is 9.90 Å². The fraction of sp³-hybridized carbons (Fsp3) is 0.556. The molecule has 1 rings (SSSR count). The third kappa shape index (κ3) is 2.97. The predicted molar refractivity (Wildman–Crippen MR) is 59.0 cm³/mol. The van der Waals surface area contributed by atoms with Crippen molar-refractivity contribution in [2.45, 2.75) is 17.4 Å². The number of carbonyl (C=O) groups is 1. The van der Waals surface area contributed by atoms with E-state index >= 15 is 0 Å². The summed E-state index contributed by atoms with van der Waals surface area (Å²) in [5.74, 6) is -0.383. The molecule has 0 aliphatic carbocycles. The minimum Gasteiger partial charge on any atom is -0.480 e. The quantitative estimate of drug-likeness (QED) is 0.723. The smallest absolute Gasteiger partial charge is 0.324 e. The highest BCUT2D eigenvalue weighted by Crippen LogP contribution is 2.21. The Kier molecular flexibility index (Phi) is 3.76. The molecular formula is C9H15N3O2S. The predicted octanol–water partition coefficient (Wildman–Crippen LogP) is 0.575. The number of carboxylic acids is 1. The molecule has 84 valence electrons. The van der Waals surface area contributed by atoms with Crippen molar-refractivity contribution in [3.05, 3.63) is 12.4 Å². The Labute approximate surface area is 92.9 Å². The summed E-state index contributed by atoms with van der Waals surface area (Å²) in [4.78, 5) is 12.0. The summed E-state index contributed by atoms with van der Waals surface area (Å²) in [5.41, 5.74) is -0.902. The van der Waals surface area contributed by atoms with Crippen LogP contribution in [0.3, 0.4) is 0 Å². The van der Waals surface area contributed by atoms with E-state index in [0.29, 0.717) is 5.75 Å². The number of nitrogens with one attached hydrogen (secondary N) is 1. The maximum atomic E-state index is 11.0. The Morgan fingerprint density at radius 2 is 2.47 bits per heavy atom. The summed E-state index contributed by atoms with van der Waals surface area (Å²) >= 11 is 1.47. The van der Waals surface area contributed by atoms with Crippen molar-refractivity contribution in [2.75, 3.05) is 12.8 Å². The molecule has 0 amide bonds. The lowest BCUT2D eigenvalue weighted by Gasteiger charge is -2.23. The van der Waals surface area contributed by atoms with E-state index < -0.39 is 11.5 Å². The van der Waals surface area contributed by atoms with Crippen LogP contribution < -0.4 is 5.32 Å². The molecule has 0 saturated heterocycles. The van der Waals surface area contributed by atoms with E-state index in [1.165, 1.54) is 11.8 Å². The van der Waals surface area contributed by atoms with Crippen LogP contribution in [-0.4, -0.2) is 39.2 Å². The molecule has 15 heavy (non-hydrogen) atoms. The van der Waals surface area contributed by atoms with Crippen LogP contribution in [0.1, 0.15) is 6.92 Å². The SMILES string of the molecule is CNC(C)(CSc1cnn(C)c1)C(=O)O. The molecule has 0 bridgehead atoms. The van der Waals surface area contributed by atoms with Crippen molar-refractivity contribution in [1.29, 1.82) is 0 Å². The lowest BCUT2D eigenvalue weighted by Crippen LogP contribution is -2.49. The zero-order valence-electron chi connectivity index (χ0n) is 9.02. The number of carboxylic acid groups (broad SMARTS) is 1. The van der Waals surface area contributed by atoms with Crippen LogP contribution in [0.15, 0.2) is 17.3 Å². The van der Waals surface area contributed by atoms with Gasteiger partial charge in [-0.15, -0.1) is 11.8 Å². The van der Waals surface area contributed by atoms with Crippen LogP contribution in [0.2, 0.25) is 0 Å². The van der Waals surface area contributed by atoms with Crippen LogP contribution >= 0.6 is 11.8 Å². The van der Waals surface area contributed by atoms with Gasteiger partial charge in [-0.1, -0.05) is 0 Å². The standard InChI is InChI=1S/C9H15N3O2S/c1-9(10-2,8(13)14)6-15-7-4-11-12(3)5-7/h4-5,10H,6H2,1-3H3,(H,13,14). The maximum absolute atomic E-state index is 11.0. The average molecular weight is 229 g/mol. The van der Waals surface area contributed by atoms with Gasteiger partial charge < -0.3 is 10.4 Å². The fourth-order valence-electron chi connectivity index (χ4n) is 0.942. The van der Waals surface area contributed by atoms with Gasteiger partial charge in [0.15, 0.2) is 0 Å². The molecule has 1 unspecified atom stereocenters. The van der Waals surface area contributed by atoms with E-state index in [0.717, 1.165) is 4.90 Å². The maximum Gasteiger partial charge on any atom is 0.324 e. The third-order valence-corrected chi connectivity index (χ3v) is 3.50. The van der Waals surface area contributed by atoms with Gasteiger partial charge in [-0.2, -0.15) is 5.10 Å². The first-order valence-corrected chi connectivity index (χ1v) is 5.50. The Morgan fingerprint density at radius 1 is 1.80 bits per heavy atom. The monoisotopic (exact) mass is 229 g/mol. The zero-order valence-corrected chi connectivity index (χ0v) is 9.84. The number of aliphatic carboxylic acids is 1. The Morgan fingerprint density at radius 3 is 2.87 bits per heavy atom. The van der Waals surface area contributed by atoms with E-state index in [9.17, 15) is 4.79 Å². The number of thioether (sulfide) groups is 1. The molecule has 0 aromatic carbocycles. The fourth-order valence-corrected chi connectivity index (χ4v) is 2.01. The summed E-state index contributed by atoms with van der Waals surface area (Å²) in [7, 11) is 3.48. The normalized spacial score (nSPS) is 14.9. The Bertz CT molecular complexity index is 353. The van der Waals surface area contributed by atoms with Crippen LogP contribution in [0.25, 0.3) is 0 Å². The van der Waals surface area contributed by atoms with E-state index in [4.69, 9.17) is 5.11 Å². The number of hydrogen-bond donors (Lipinski definition) is 2. The van der Waals surface area contributed by atoms with Gasteiger partial charge in [-0.05, 0) is 14.0 Å². The molecule has 0 spiro atoms. The van der Waals surface area contributed by atoms with Gasteiger partial charge in [0, 0.05) is 23.9 Å². The minimum atomic E-state index is -0.902. The lowest BCUT2D eigenvalue weighted by atomic mass is 10.1. The Balaban J connectivity index is 2.59. The van der Waals surface area contributed by atoms with E-state index in [2.05, 4.69) is 10.4 Å². The highest BCUT2D eigenvalue weighted by Gasteiger charge is 2.31. The summed E-state index contributed by atoms with van der Waals surface area (Å²) < 4.78 is 1.69. The van der Waals surface area contributed by atoms with Crippen molar-refractivity contribution in [3.8, 4) is 0 Å². The number of likely N-dealkylation sites (N-methyl/N-ethyl adjacent to an activating group) is 1. The first-order valence-electron chi connectivity index (χ1n) is 4.52. The van der Waals surface area contributed by atoms with E-state index in [1.807, 2.05) is 13.2 Å². The number of rotatable bonds is 5. The third-order valence-electron chi connectivity index (χ3n) is 2.23. The molecule has 1 aromatic heterocycles. The topological polar surface area (TPSA) is 67.2 Å². The van der Waals surface area contributed by atoms with Crippen molar-refractivity contribution in [3.63, 3.8) is 0 Å². The lowest BCUT2D eigenvalue weighted by molar-refractivity contribution is -0.142. The van der Waals surface area contributed by atoms with E-state index in [1.54, 1.807) is 24.9 Å². The van der Waals surface area contributed by atoms with E-state index in [-0.39, 0.29) is 0 Å². The Hall–Kier alpha value is -1.01. The summed E-state index contributed by atoms with van der Waals surface area (Å²) in [5, 5.41) is 15.8. The average Bonchev–Trinajstić information content (AvgIpc) is 2.60. The number of hydrogen-bond acceptors (Lipinski definition) is 4. The van der Waals surface area contributed by atoms with Crippen LogP contribution in [0, 0.1) is 0 Å². The molecule has 1 aromatic rings. The highest BCUT2D eigenvalue weighted by atomic mass is 32.2. The van der Waals surface area contributed by atoms with Crippen LogP contribution in [0.5, 0.6) is 0 Å². The molecular weight excluding hydrogens is 214 g/mol. The second kappa shape index (κ2) is 4.67. The molecule has 0 saturated carbocycles. The first-order chi connectivity index (χ1) is 6.98. The van der Waals surface area contributed by atoms with Crippen LogP contribution in [0.4, 0.5) is 0 Å². The molecule has 1 heterocycles. The number of aromatic nitrogens is 2. The minimum absolute atomic E-state index is 0.463. The molecule has 5 nitrogen and oxygen atoms in total. The molecule has 1 atom stereocenters. The number of aryl methyl sites for hydroxylation is 1. The second-order valence-corrected chi connectivity index (χ2v) is 4.57. The van der Waals surface area contributed by atoms with Gasteiger partial charge in [0.2, 0.25) is 0 Å². The molecule has 0 radical (unpaired) electrons. The molecule has 0 aliphatic rings. The molecule has 2 N–H and O–H groups in total. The van der Waals surface area contributed by atoms with Gasteiger partial charge in [0.1, 0.15) is 5.54 Å². The first kappa shape index (κ1) is 12.1. The summed E-state index contributed by atoms with van der Waals surface area (Å²) in [6.07, 6.45) is 3.59. The van der Waals surface area contributed by atoms with Gasteiger partial charge in [0.05, 0.1) is 6.20 Å². The van der Waals surface area contributed by atoms with Crippen molar-refractivity contribution in [2.24, 2.45) is 7.05 Å². The van der Waals surface area contributed by atoms with Gasteiger partial charge in [-0.3, -0.25) is 9.48 Å². The van der Waals surface area contributed by atoms with Crippen molar-refractivity contribution in [1.82, 2.24) is 15.1 Å². The molecule has 0 aliphatic heterocycles. The van der Waals surface area contributed by atoms with Crippen LogP contribution in [-0.2, 0) is 11.8 Å². The van der Waals surface area contributed by atoms with Gasteiger partial charge in [-0.25, -0.2) is 0 Å². The number of nitrogens with zero attached hydrogens (tertiary/aromatic N) is 2. The summed E-state index contributed by atoms with van der Waals surface area (Å²) in [6.45, 7) is 1.67. The second-order valence-electron chi connectivity index (χ2n) is 3.53. The molecule has 6 heteroatoms. The zero-order chi connectivity index (χ0) is 11.5. The summed E-state index contributed by atoms with van der Waals surface area (Å²) in [6, 6.07) is 0. The van der Waals surface area contributed by atoms with Gasteiger partial charge in [0.25, 0.3) is 0 Å². The van der Waals surface area contributed by atoms with Gasteiger partial charge >= 0.3 is 5.97 Å². The molecule has 0 fully saturated rings. The van der Waals surface area contributed by atoms with Crippen molar-refractivity contribution >= 4 is 17.7 Å². The largest absolute Gasteiger partial charge is 0.480 e.